The van der Waals surface area contributed by atoms with Crippen LogP contribution in [-0.2, 0) is 4.79 Å². The van der Waals surface area contributed by atoms with Gasteiger partial charge in [-0.05, 0) is 12.1 Å². The molecule has 0 aromatic heterocycles. The van der Waals surface area contributed by atoms with Gasteiger partial charge < -0.3 is 10.4 Å². The smallest absolute Gasteiger partial charge is 0.348 e. The summed E-state index contributed by atoms with van der Waals surface area (Å²) in [4.78, 5) is 21.1. The van der Waals surface area contributed by atoms with Gasteiger partial charge in [-0.1, -0.05) is 12.1 Å². The predicted octanol–water partition coefficient (Wildman–Crippen LogP) is 1.02. The van der Waals surface area contributed by atoms with Crippen LogP contribution in [-0.4, -0.2) is 23.3 Å². The van der Waals surface area contributed by atoms with E-state index in [2.05, 4.69) is 10.4 Å². The Hall–Kier alpha value is -2.44. The Balaban J connectivity index is 2.52. The molecule has 0 bridgehead atoms. The Bertz CT molecular complexity index is 434. The Labute approximate surface area is 89.8 Å². The lowest BCUT2D eigenvalue weighted by atomic mass is 10.3. The van der Waals surface area contributed by atoms with Crippen LogP contribution in [0.2, 0.25) is 0 Å². The Morgan fingerprint density at radius 1 is 1.38 bits per heavy atom. The summed E-state index contributed by atoms with van der Waals surface area (Å²) in [5.41, 5.74) is 1.84. The molecule has 0 saturated heterocycles. The van der Waals surface area contributed by atoms with Crippen molar-refractivity contribution in [3.05, 3.63) is 30.1 Å². The van der Waals surface area contributed by atoms with Crippen LogP contribution in [0.4, 0.5) is 14.9 Å². The van der Waals surface area contributed by atoms with E-state index in [0.717, 1.165) is 0 Å². The van der Waals surface area contributed by atoms with Gasteiger partial charge in [0.1, 0.15) is 12.0 Å². The predicted molar refractivity (Wildman–Crippen MR) is 54.7 cm³/mol. The number of carboxylic acid groups (broad SMARTS) is 1. The molecule has 84 valence electrons. The highest BCUT2D eigenvalue weighted by atomic mass is 19.1. The number of rotatable bonds is 3. The first-order valence-electron chi connectivity index (χ1n) is 4.17. The first kappa shape index (κ1) is 11.6. The molecule has 0 aliphatic carbocycles. The summed E-state index contributed by atoms with van der Waals surface area (Å²) in [7, 11) is 0. The van der Waals surface area contributed by atoms with Crippen molar-refractivity contribution in [1.29, 1.82) is 0 Å². The summed E-state index contributed by atoms with van der Waals surface area (Å²) in [6, 6.07) is 4.72. The van der Waals surface area contributed by atoms with E-state index in [-0.39, 0.29) is 5.69 Å². The fourth-order valence-corrected chi connectivity index (χ4v) is 0.859. The van der Waals surface area contributed by atoms with Gasteiger partial charge in [0.05, 0.1) is 5.69 Å². The van der Waals surface area contributed by atoms with Gasteiger partial charge in [-0.25, -0.2) is 19.4 Å². The number of aliphatic carboxylic acids is 1. The molecule has 1 rings (SSSR count). The third kappa shape index (κ3) is 3.74. The van der Waals surface area contributed by atoms with Gasteiger partial charge in [0.25, 0.3) is 0 Å². The van der Waals surface area contributed by atoms with Crippen LogP contribution in [0.1, 0.15) is 0 Å². The third-order valence-corrected chi connectivity index (χ3v) is 1.46. The lowest BCUT2D eigenvalue weighted by Crippen LogP contribution is -2.25. The number of carboxylic acids is 1. The Morgan fingerprint density at radius 2 is 2.06 bits per heavy atom. The van der Waals surface area contributed by atoms with Crippen molar-refractivity contribution >= 4 is 23.9 Å². The van der Waals surface area contributed by atoms with E-state index in [1.54, 1.807) is 6.07 Å². The van der Waals surface area contributed by atoms with Gasteiger partial charge in [0, 0.05) is 0 Å². The number of amides is 2. The van der Waals surface area contributed by atoms with Crippen LogP contribution in [0.25, 0.3) is 0 Å². The molecule has 2 amide bonds. The van der Waals surface area contributed by atoms with Crippen LogP contribution >= 0.6 is 0 Å². The van der Waals surface area contributed by atoms with E-state index in [1.165, 1.54) is 18.2 Å². The maximum Gasteiger partial charge on any atom is 0.348 e. The monoisotopic (exact) mass is 225 g/mol. The molecule has 7 heteroatoms. The molecule has 0 unspecified atom stereocenters. The fourth-order valence-electron chi connectivity index (χ4n) is 0.859. The third-order valence-electron chi connectivity index (χ3n) is 1.46. The quantitative estimate of drug-likeness (QED) is 0.529. The molecule has 0 atom stereocenters. The van der Waals surface area contributed by atoms with Crippen molar-refractivity contribution in [2.45, 2.75) is 0 Å². The van der Waals surface area contributed by atoms with Crippen LogP contribution in [0.5, 0.6) is 0 Å². The van der Waals surface area contributed by atoms with E-state index < -0.39 is 17.8 Å². The fraction of sp³-hybridized carbons (Fsp3) is 0. The second kappa shape index (κ2) is 5.44. The highest BCUT2D eigenvalue weighted by Crippen LogP contribution is 2.11. The number of hydrogen-bond acceptors (Lipinski definition) is 3. The van der Waals surface area contributed by atoms with Gasteiger partial charge in [0.15, 0.2) is 0 Å². The van der Waals surface area contributed by atoms with Crippen LogP contribution in [0, 0.1) is 5.82 Å². The van der Waals surface area contributed by atoms with E-state index >= 15 is 0 Å². The topological polar surface area (TPSA) is 90.8 Å². The highest BCUT2D eigenvalue weighted by Gasteiger charge is 2.04. The molecule has 0 spiro atoms. The summed E-state index contributed by atoms with van der Waals surface area (Å²) in [5.74, 6) is -1.90. The lowest BCUT2D eigenvalue weighted by Gasteiger charge is -2.04. The molecule has 6 nitrogen and oxygen atoms in total. The van der Waals surface area contributed by atoms with Crippen LogP contribution < -0.4 is 10.7 Å². The number of carbonyl (C=O) groups excluding carboxylic acids is 1. The first-order valence-corrected chi connectivity index (χ1v) is 4.17. The molecule has 3 N–H and O–H groups in total. The largest absolute Gasteiger partial charge is 0.477 e. The number of hydrogen-bond donors (Lipinski definition) is 3. The molecule has 0 aliphatic heterocycles. The molecule has 0 saturated carbocycles. The zero-order valence-electron chi connectivity index (χ0n) is 7.98. The molecular weight excluding hydrogens is 217 g/mol. The molecule has 0 radical (unpaired) electrons. The molecule has 1 aromatic carbocycles. The Morgan fingerprint density at radius 3 is 2.69 bits per heavy atom. The van der Waals surface area contributed by atoms with Crippen molar-refractivity contribution in [2.24, 2.45) is 5.10 Å². The molecule has 0 heterocycles. The van der Waals surface area contributed by atoms with Gasteiger partial charge in [-0.3, -0.25) is 0 Å². The number of nitrogens with zero attached hydrogens (tertiary/aromatic N) is 1. The maximum atomic E-state index is 13.0. The number of anilines is 1. The maximum absolute atomic E-state index is 13.0. The average Bonchev–Trinajstić information content (AvgIpc) is 2.21. The zero-order chi connectivity index (χ0) is 12.0. The number of carbonyl (C=O) groups is 2. The van der Waals surface area contributed by atoms with E-state index in [9.17, 15) is 14.0 Å². The highest BCUT2D eigenvalue weighted by molar-refractivity contribution is 6.22. The molecule has 0 aliphatic rings. The zero-order valence-corrected chi connectivity index (χ0v) is 7.98. The van der Waals surface area contributed by atoms with Gasteiger partial charge in [-0.2, -0.15) is 5.10 Å². The van der Waals surface area contributed by atoms with Crippen molar-refractivity contribution in [2.75, 3.05) is 5.32 Å². The minimum atomic E-state index is -1.30. The van der Waals surface area contributed by atoms with Crippen LogP contribution in [0.15, 0.2) is 29.4 Å². The minimum absolute atomic E-state index is 0.0227. The Kier molecular flexibility index (Phi) is 3.96. The van der Waals surface area contributed by atoms with E-state index in [4.69, 9.17) is 5.11 Å². The molecule has 0 fully saturated rings. The number of hydrazone groups is 1. The molecule has 1 aromatic rings. The van der Waals surface area contributed by atoms with Crippen LogP contribution in [0.3, 0.4) is 0 Å². The summed E-state index contributed by atoms with van der Waals surface area (Å²) in [5, 5.41) is 13.4. The summed E-state index contributed by atoms with van der Waals surface area (Å²) >= 11 is 0. The summed E-state index contributed by atoms with van der Waals surface area (Å²) in [6.45, 7) is 0. The minimum Gasteiger partial charge on any atom is -0.477 e. The van der Waals surface area contributed by atoms with E-state index in [0.29, 0.717) is 6.21 Å². The van der Waals surface area contributed by atoms with Crippen molar-refractivity contribution < 1.29 is 19.1 Å². The molecule has 16 heavy (non-hydrogen) atoms. The summed E-state index contributed by atoms with van der Waals surface area (Å²) in [6.07, 6.45) is 0.501. The second-order valence-electron chi connectivity index (χ2n) is 2.64. The summed E-state index contributed by atoms with van der Waals surface area (Å²) < 4.78 is 13.0. The van der Waals surface area contributed by atoms with Gasteiger partial charge in [-0.15, -0.1) is 0 Å². The molecular formula is C9H8FN3O3. The van der Waals surface area contributed by atoms with Crippen molar-refractivity contribution in [3.8, 4) is 0 Å². The number of halogens is 1. The standard InChI is InChI=1S/C9H8FN3O3/c10-6-3-1-2-4-7(6)12-9(16)13-11-5-8(14)15/h1-5H,(H,14,15)(H2,12,13,16)/b11-5+. The number of nitrogens with one attached hydrogen (secondary N) is 2. The SMILES string of the molecule is O=C(O)/C=N/NC(=O)Nc1ccccc1F. The number of urea groups is 1. The number of para-hydroxylation sites is 1. The number of benzene rings is 1. The van der Waals surface area contributed by atoms with Gasteiger partial charge >= 0.3 is 12.0 Å². The van der Waals surface area contributed by atoms with E-state index in [1.807, 2.05) is 5.43 Å². The lowest BCUT2D eigenvalue weighted by molar-refractivity contribution is -0.128. The second-order valence-corrected chi connectivity index (χ2v) is 2.64. The van der Waals surface area contributed by atoms with Gasteiger partial charge in [0.2, 0.25) is 0 Å². The van der Waals surface area contributed by atoms with Crippen molar-refractivity contribution in [3.63, 3.8) is 0 Å². The normalized spacial score (nSPS) is 10.1. The average molecular weight is 225 g/mol. The first-order chi connectivity index (χ1) is 7.59. The van der Waals surface area contributed by atoms with Crippen molar-refractivity contribution in [1.82, 2.24) is 5.43 Å².